The maximum absolute atomic E-state index is 13.3. The summed E-state index contributed by atoms with van der Waals surface area (Å²) >= 11 is 14.1. The van der Waals surface area contributed by atoms with Crippen LogP contribution in [0, 0.1) is 0 Å². The molecule has 1 atom stereocenters. The number of phenolic OH excluding ortho intramolecular Hbond substituents is 1. The van der Waals surface area contributed by atoms with Crippen LogP contribution in [0.1, 0.15) is 31.8 Å². The van der Waals surface area contributed by atoms with E-state index in [2.05, 4.69) is 10.3 Å². The molecule has 0 aliphatic carbocycles. The van der Waals surface area contributed by atoms with Crippen molar-refractivity contribution >= 4 is 46.2 Å². The van der Waals surface area contributed by atoms with E-state index in [1.165, 1.54) is 18.4 Å². The van der Waals surface area contributed by atoms with Crippen molar-refractivity contribution in [3.63, 3.8) is 0 Å². The largest absolute Gasteiger partial charge is 0.506 e. The van der Waals surface area contributed by atoms with Gasteiger partial charge in [0.2, 0.25) is 0 Å². The molecule has 0 unspecified atom stereocenters. The molecule has 4 aromatic rings. The Bertz CT molecular complexity index is 1440. The van der Waals surface area contributed by atoms with Crippen molar-refractivity contribution in [3.8, 4) is 23.0 Å². The Hall–Kier alpha value is -3.66. The fourth-order valence-corrected chi connectivity index (χ4v) is 5.24. The molecule has 0 aliphatic heterocycles. The van der Waals surface area contributed by atoms with Crippen LogP contribution in [-0.4, -0.2) is 32.4 Å². The molecule has 0 saturated carbocycles. The molecule has 2 heterocycles. The molecular weight excluding hydrogens is 563 g/mol. The van der Waals surface area contributed by atoms with Crippen molar-refractivity contribution < 1.29 is 33.8 Å². The van der Waals surface area contributed by atoms with Crippen LogP contribution in [0.15, 0.2) is 60.9 Å². The molecule has 0 saturated heterocycles. The number of ether oxygens (including phenoxy) is 4. The number of methoxy groups -OCH3 is 3. The fourth-order valence-electron chi connectivity index (χ4n) is 3.87. The standard InChI is InChI=1S/C28H26Cl2N2O6S/c1-35-17-5-7-23(33)22(11-17)32-13-18-6-9-27(39-18)28(34)38-25(12-19-20(29)14-31-15-21(19)30)16-4-8-24(36-2)26(10-16)37-3/h4-11,14-15,25,32-33H,12-13H2,1-3H3/p+1/t25-/m0/s1. The van der Waals surface area contributed by atoms with Gasteiger partial charge >= 0.3 is 5.97 Å². The number of pyridine rings is 1. The molecule has 0 radical (unpaired) electrons. The number of benzene rings is 2. The van der Waals surface area contributed by atoms with Crippen molar-refractivity contribution in [1.82, 2.24) is 0 Å². The Balaban J connectivity index is 1.55. The van der Waals surface area contributed by atoms with E-state index in [9.17, 15) is 9.90 Å². The highest BCUT2D eigenvalue weighted by Crippen LogP contribution is 2.36. The van der Waals surface area contributed by atoms with E-state index in [4.69, 9.17) is 42.1 Å². The van der Waals surface area contributed by atoms with Gasteiger partial charge in [-0.2, -0.15) is 0 Å². The second kappa shape index (κ2) is 12.9. The number of esters is 1. The molecule has 0 bridgehead atoms. The molecular formula is C28H27Cl2N2O6S+. The molecule has 2 aromatic carbocycles. The molecule has 11 heteroatoms. The van der Waals surface area contributed by atoms with Gasteiger partial charge in [0, 0.05) is 29.5 Å². The van der Waals surface area contributed by atoms with Crippen LogP contribution < -0.4 is 24.5 Å². The minimum atomic E-state index is -0.716. The van der Waals surface area contributed by atoms with Gasteiger partial charge in [0.25, 0.3) is 0 Å². The van der Waals surface area contributed by atoms with E-state index >= 15 is 0 Å². The van der Waals surface area contributed by atoms with Crippen LogP contribution in [0.4, 0.5) is 5.69 Å². The highest BCUT2D eigenvalue weighted by Gasteiger charge is 2.24. The van der Waals surface area contributed by atoms with Gasteiger partial charge in [-0.1, -0.05) is 29.3 Å². The van der Waals surface area contributed by atoms with Gasteiger partial charge in [-0.3, -0.25) is 0 Å². The lowest BCUT2D eigenvalue weighted by atomic mass is 10.0. The summed E-state index contributed by atoms with van der Waals surface area (Å²) < 4.78 is 22.0. The summed E-state index contributed by atoms with van der Waals surface area (Å²) in [5.41, 5.74) is 1.85. The molecule has 204 valence electrons. The van der Waals surface area contributed by atoms with Crippen molar-refractivity contribution in [1.29, 1.82) is 0 Å². The van der Waals surface area contributed by atoms with Gasteiger partial charge in [-0.05, 0) is 42.0 Å². The first-order valence-corrected chi connectivity index (χ1v) is 13.4. The summed E-state index contributed by atoms with van der Waals surface area (Å²) in [6, 6.07) is 13.8. The summed E-state index contributed by atoms with van der Waals surface area (Å²) in [7, 11) is 4.64. The van der Waals surface area contributed by atoms with Crippen molar-refractivity contribution in [3.05, 3.63) is 91.9 Å². The van der Waals surface area contributed by atoms with E-state index in [0.717, 1.165) is 4.88 Å². The van der Waals surface area contributed by atoms with E-state index < -0.39 is 12.1 Å². The van der Waals surface area contributed by atoms with Gasteiger partial charge in [-0.25, -0.2) is 9.78 Å². The number of aromatic nitrogens is 1. The third-order valence-corrected chi connectivity index (χ3v) is 7.67. The zero-order valence-corrected chi connectivity index (χ0v) is 23.7. The van der Waals surface area contributed by atoms with Crippen molar-refractivity contribution in [2.75, 3.05) is 26.6 Å². The molecule has 2 aromatic heterocycles. The van der Waals surface area contributed by atoms with Crippen LogP contribution in [0.5, 0.6) is 23.0 Å². The number of phenols is 1. The monoisotopic (exact) mass is 589 g/mol. The normalized spacial score (nSPS) is 11.5. The number of aromatic amines is 1. The molecule has 0 fully saturated rings. The third-order valence-electron chi connectivity index (χ3n) is 5.93. The summed E-state index contributed by atoms with van der Waals surface area (Å²) in [6.45, 7) is 0.392. The number of aromatic hydroxyl groups is 1. The average Bonchev–Trinajstić information content (AvgIpc) is 3.43. The van der Waals surface area contributed by atoms with Crippen LogP contribution in [-0.2, 0) is 17.7 Å². The summed E-state index contributed by atoms with van der Waals surface area (Å²) in [6.07, 6.45) is 2.76. The zero-order chi connectivity index (χ0) is 27.9. The van der Waals surface area contributed by atoms with Gasteiger partial charge in [0.15, 0.2) is 23.9 Å². The Morgan fingerprint density at radius 3 is 2.41 bits per heavy atom. The minimum absolute atomic E-state index is 0.0978. The number of carbonyl (C=O) groups is 1. The molecule has 3 N–H and O–H groups in total. The first-order chi connectivity index (χ1) is 18.8. The van der Waals surface area contributed by atoms with Crippen LogP contribution in [0.25, 0.3) is 0 Å². The number of anilines is 1. The predicted octanol–water partition coefficient (Wildman–Crippen LogP) is 6.35. The summed E-state index contributed by atoms with van der Waals surface area (Å²) in [5, 5.41) is 14.1. The number of thiophene rings is 1. The molecule has 0 spiro atoms. The quantitative estimate of drug-likeness (QED) is 0.155. The SMILES string of the molecule is COc1ccc(O)c(NCc2ccc(C(=O)O[C@@H](Cc3c(Cl)c[nH+]cc3Cl)c3ccc(OC)c(OC)c3)s2)c1. The minimum Gasteiger partial charge on any atom is -0.506 e. The van der Waals surface area contributed by atoms with Crippen molar-refractivity contribution in [2.45, 2.75) is 19.1 Å². The Labute approximate surface area is 240 Å². The van der Waals surface area contributed by atoms with E-state index in [1.54, 1.807) is 69.1 Å². The average molecular weight is 591 g/mol. The van der Waals surface area contributed by atoms with Gasteiger partial charge in [0.1, 0.15) is 32.5 Å². The maximum Gasteiger partial charge on any atom is 0.348 e. The van der Waals surface area contributed by atoms with Crippen LogP contribution in [0.3, 0.4) is 0 Å². The number of rotatable bonds is 11. The predicted molar refractivity (Wildman–Crippen MR) is 151 cm³/mol. The van der Waals surface area contributed by atoms with Crippen LogP contribution in [0.2, 0.25) is 10.0 Å². The van der Waals surface area contributed by atoms with Gasteiger partial charge in [0.05, 0.1) is 27.0 Å². The van der Waals surface area contributed by atoms with Gasteiger partial charge < -0.3 is 29.4 Å². The van der Waals surface area contributed by atoms with E-state index in [1.807, 2.05) is 6.07 Å². The second-order valence-corrected chi connectivity index (χ2v) is 10.3. The number of halogens is 2. The first-order valence-electron chi connectivity index (χ1n) is 11.8. The van der Waals surface area contributed by atoms with E-state index in [-0.39, 0.29) is 12.2 Å². The summed E-state index contributed by atoms with van der Waals surface area (Å²) in [4.78, 5) is 17.5. The van der Waals surface area contributed by atoms with E-state index in [0.29, 0.717) is 55.5 Å². The number of carbonyl (C=O) groups excluding carboxylic acids is 1. The molecule has 0 aliphatic rings. The summed E-state index contributed by atoms with van der Waals surface area (Å²) in [5.74, 6) is 1.27. The Morgan fingerprint density at radius 2 is 1.72 bits per heavy atom. The first kappa shape index (κ1) is 28.4. The molecule has 4 rings (SSSR count). The van der Waals surface area contributed by atoms with Gasteiger partial charge in [-0.15, -0.1) is 11.3 Å². The maximum atomic E-state index is 13.3. The third kappa shape index (κ3) is 6.86. The lowest BCUT2D eigenvalue weighted by Gasteiger charge is -2.20. The lowest BCUT2D eigenvalue weighted by molar-refractivity contribution is -0.377. The van der Waals surface area contributed by atoms with Crippen molar-refractivity contribution in [2.24, 2.45) is 0 Å². The Morgan fingerprint density at radius 1 is 0.974 bits per heavy atom. The lowest BCUT2D eigenvalue weighted by Crippen LogP contribution is -2.15. The number of H-pyrrole nitrogens is 1. The molecule has 8 nitrogen and oxygen atoms in total. The topological polar surface area (TPSA) is 100 Å². The van der Waals surface area contributed by atoms with Crippen LogP contribution >= 0.6 is 34.5 Å². The smallest absolute Gasteiger partial charge is 0.348 e. The second-order valence-electron chi connectivity index (χ2n) is 8.34. The number of nitrogens with one attached hydrogen (secondary N) is 2. The zero-order valence-electron chi connectivity index (χ0n) is 21.4. The highest BCUT2D eigenvalue weighted by atomic mass is 35.5. The highest BCUT2D eigenvalue weighted by molar-refractivity contribution is 7.13. The Kier molecular flexibility index (Phi) is 9.40. The fraction of sp³-hybridized carbons (Fsp3) is 0.214. The molecule has 39 heavy (non-hydrogen) atoms. The number of hydrogen-bond acceptors (Lipinski definition) is 8. The molecule has 0 amide bonds. The number of hydrogen-bond donors (Lipinski definition) is 2.